The van der Waals surface area contributed by atoms with Gasteiger partial charge < -0.3 is 5.32 Å². The summed E-state index contributed by atoms with van der Waals surface area (Å²) >= 11 is 0. The fourth-order valence-electron chi connectivity index (χ4n) is 1.55. The van der Waals surface area contributed by atoms with E-state index in [1.807, 2.05) is 38.1 Å². The number of nitrogens with one attached hydrogen (secondary N) is 1. The van der Waals surface area contributed by atoms with Crippen molar-refractivity contribution in [1.82, 2.24) is 15.3 Å². The molecule has 4 heteroatoms. The molecule has 92 valence electrons. The Morgan fingerprint density at radius 1 is 1.17 bits per heavy atom. The third-order valence-corrected chi connectivity index (χ3v) is 2.55. The van der Waals surface area contributed by atoms with Gasteiger partial charge in [-0.05, 0) is 37.6 Å². The van der Waals surface area contributed by atoms with Crippen molar-refractivity contribution in [3.05, 3.63) is 59.2 Å². The molecule has 2 heterocycles. The number of carbonyl (C=O) groups excluding carboxylic acids is 1. The third-order valence-electron chi connectivity index (χ3n) is 2.55. The summed E-state index contributed by atoms with van der Waals surface area (Å²) in [7, 11) is 0. The molecule has 2 aromatic rings. The lowest BCUT2D eigenvalue weighted by atomic mass is 10.2. The summed E-state index contributed by atoms with van der Waals surface area (Å²) in [5, 5.41) is 2.82. The van der Waals surface area contributed by atoms with Crippen LogP contribution >= 0.6 is 0 Å². The molecule has 18 heavy (non-hydrogen) atoms. The van der Waals surface area contributed by atoms with E-state index in [1.165, 1.54) is 0 Å². The van der Waals surface area contributed by atoms with E-state index < -0.39 is 0 Å². The van der Waals surface area contributed by atoms with Crippen LogP contribution in [0.15, 0.2) is 36.5 Å². The van der Waals surface area contributed by atoms with E-state index >= 15 is 0 Å². The number of hydrogen-bond acceptors (Lipinski definition) is 3. The van der Waals surface area contributed by atoms with Crippen molar-refractivity contribution in [3.63, 3.8) is 0 Å². The second-order valence-electron chi connectivity index (χ2n) is 4.15. The normalized spacial score (nSPS) is 10.1. The van der Waals surface area contributed by atoms with E-state index in [-0.39, 0.29) is 5.91 Å². The van der Waals surface area contributed by atoms with Crippen LogP contribution in [0.25, 0.3) is 0 Å². The first kappa shape index (κ1) is 12.2. The van der Waals surface area contributed by atoms with Crippen LogP contribution in [-0.4, -0.2) is 15.9 Å². The zero-order valence-corrected chi connectivity index (χ0v) is 10.5. The molecule has 0 radical (unpaired) electrons. The van der Waals surface area contributed by atoms with E-state index in [1.54, 1.807) is 12.3 Å². The maximum Gasteiger partial charge on any atom is 0.270 e. The van der Waals surface area contributed by atoms with Crippen LogP contribution in [0.2, 0.25) is 0 Å². The average Bonchev–Trinajstić information content (AvgIpc) is 2.38. The summed E-state index contributed by atoms with van der Waals surface area (Å²) in [5.74, 6) is -0.167. The van der Waals surface area contributed by atoms with Gasteiger partial charge in [-0.2, -0.15) is 0 Å². The number of nitrogens with zero attached hydrogens (tertiary/aromatic N) is 2. The van der Waals surface area contributed by atoms with Crippen LogP contribution in [0.1, 0.15) is 27.4 Å². The average molecular weight is 241 g/mol. The molecule has 0 aliphatic carbocycles. The topological polar surface area (TPSA) is 54.9 Å². The van der Waals surface area contributed by atoms with Gasteiger partial charge in [-0.25, -0.2) is 4.98 Å². The molecule has 0 atom stereocenters. The molecule has 0 aromatic carbocycles. The van der Waals surface area contributed by atoms with Gasteiger partial charge in [0, 0.05) is 24.1 Å². The summed E-state index contributed by atoms with van der Waals surface area (Å²) in [6.45, 7) is 4.25. The van der Waals surface area contributed by atoms with Gasteiger partial charge in [-0.1, -0.05) is 12.1 Å². The molecular formula is C14H15N3O. The molecule has 0 spiro atoms. The predicted molar refractivity (Wildman–Crippen MR) is 69.1 cm³/mol. The first-order valence-corrected chi connectivity index (χ1v) is 5.78. The lowest BCUT2D eigenvalue weighted by molar-refractivity contribution is 0.0945. The van der Waals surface area contributed by atoms with Gasteiger partial charge in [0.05, 0.1) is 0 Å². The Bertz CT molecular complexity index is 549. The van der Waals surface area contributed by atoms with Crippen molar-refractivity contribution < 1.29 is 4.79 Å². The summed E-state index contributed by atoms with van der Waals surface area (Å²) in [6.07, 6.45) is 1.76. The van der Waals surface area contributed by atoms with E-state index in [2.05, 4.69) is 15.3 Å². The van der Waals surface area contributed by atoms with E-state index in [9.17, 15) is 4.79 Å². The van der Waals surface area contributed by atoms with E-state index in [0.717, 1.165) is 17.0 Å². The molecule has 4 nitrogen and oxygen atoms in total. The molecule has 2 aromatic heterocycles. The van der Waals surface area contributed by atoms with Crippen molar-refractivity contribution in [2.75, 3.05) is 0 Å². The van der Waals surface area contributed by atoms with Crippen molar-refractivity contribution in [2.45, 2.75) is 20.4 Å². The second-order valence-corrected chi connectivity index (χ2v) is 4.15. The molecule has 1 N–H and O–H groups in total. The molecule has 0 bridgehead atoms. The lowest BCUT2D eigenvalue weighted by Gasteiger charge is -2.05. The minimum atomic E-state index is -0.167. The van der Waals surface area contributed by atoms with Crippen molar-refractivity contribution >= 4 is 5.91 Å². The maximum absolute atomic E-state index is 11.8. The summed E-state index contributed by atoms with van der Waals surface area (Å²) in [4.78, 5) is 20.2. The largest absolute Gasteiger partial charge is 0.347 e. The minimum absolute atomic E-state index is 0.167. The number of hydrogen-bond donors (Lipinski definition) is 1. The van der Waals surface area contributed by atoms with Gasteiger partial charge in [0.1, 0.15) is 5.69 Å². The highest BCUT2D eigenvalue weighted by molar-refractivity contribution is 5.92. The predicted octanol–water partition coefficient (Wildman–Crippen LogP) is 2.02. The fraction of sp³-hybridized carbons (Fsp3) is 0.214. The molecule has 0 saturated carbocycles. The highest BCUT2D eigenvalue weighted by Gasteiger charge is 2.06. The Hall–Kier alpha value is -2.23. The third kappa shape index (κ3) is 3.13. The summed E-state index contributed by atoms with van der Waals surface area (Å²) in [5.41, 5.74) is 3.21. The van der Waals surface area contributed by atoms with Gasteiger partial charge in [0.25, 0.3) is 5.91 Å². The van der Waals surface area contributed by atoms with Crippen LogP contribution in [0.3, 0.4) is 0 Å². The Kier molecular flexibility index (Phi) is 3.67. The number of rotatable bonds is 3. The SMILES string of the molecule is Cc1ccc(CNC(=O)c2cccc(C)n2)cn1. The van der Waals surface area contributed by atoms with Gasteiger partial charge >= 0.3 is 0 Å². The second kappa shape index (κ2) is 5.40. The standard InChI is InChI=1S/C14H15N3O/c1-10-6-7-12(8-15-10)9-16-14(18)13-5-3-4-11(2)17-13/h3-8H,9H2,1-2H3,(H,16,18). The number of amides is 1. The first-order chi connectivity index (χ1) is 8.65. The van der Waals surface area contributed by atoms with E-state index in [4.69, 9.17) is 0 Å². The van der Waals surface area contributed by atoms with Crippen molar-refractivity contribution in [2.24, 2.45) is 0 Å². The Labute approximate surface area is 106 Å². The Balaban J connectivity index is 1.98. The monoisotopic (exact) mass is 241 g/mol. The maximum atomic E-state index is 11.8. The zero-order valence-electron chi connectivity index (χ0n) is 10.5. The molecule has 2 rings (SSSR count). The number of carbonyl (C=O) groups is 1. The summed E-state index contributed by atoms with van der Waals surface area (Å²) < 4.78 is 0. The van der Waals surface area contributed by atoms with Gasteiger partial charge in [-0.15, -0.1) is 0 Å². The van der Waals surface area contributed by atoms with Crippen LogP contribution in [-0.2, 0) is 6.54 Å². The highest BCUT2D eigenvalue weighted by Crippen LogP contribution is 2.01. The lowest BCUT2D eigenvalue weighted by Crippen LogP contribution is -2.24. The number of aryl methyl sites for hydroxylation is 2. The minimum Gasteiger partial charge on any atom is -0.347 e. The molecule has 0 fully saturated rings. The van der Waals surface area contributed by atoms with Crippen LogP contribution in [0.4, 0.5) is 0 Å². The van der Waals surface area contributed by atoms with Gasteiger partial charge in [0.15, 0.2) is 0 Å². The van der Waals surface area contributed by atoms with Gasteiger partial charge in [0.2, 0.25) is 0 Å². The Morgan fingerprint density at radius 2 is 2.00 bits per heavy atom. The smallest absolute Gasteiger partial charge is 0.270 e. The molecule has 1 amide bonds. The molecule has 0 aliphatic heterocycles. The van der Waals surface area contributed by atoms with E-state index in [0.29, 0.717) is 12.2 Å². The van der Waals surface area contributed by atoms with Crippen molar-refractivity contribution in [3.8, 4) is 0 Å². The highest BCUT2D eigenvalue weighted by atomic mass is 16.1. The molecule has 0 aliphatic rings. The van der Waals surface area contributed by atoms with Crippen LogP contribution < -0.4 is 5.32 Å². The number of aromatic nitrogens is 2. The quantitative estimate of drug-likeness (QED) is 0.894. The molecular weight excluding hydrogens is 226 g/mol. The van der Waals surface area contributed by atoms with Crippen molar-refractivity contribution in [1.29, 1.82) is 0 Å². The zero-order chi connectivity index (χ0) is 13.0. The number of pyridine rings is 2. The Morgan fingerprint density at radius 3 is 2.67 bits per heavy atom. The molecule has 0 saturated heterocycles. The first-order valence-electron chi connectivity index (χ1n) is 5.78. The molecule has 0 unspecified atom stereocenters. The summed E-state index contributed by atoms with van der Waals surface area (Å²) in [6, 6.07) is 9.26. The van der Waals surface area contributed by atoms with Crippen LogP contribution in [0.5, 0.6) is 0 Å². The van der Waals surface area contributed by atoms with Gasteiger partial charge in [-0.3, -0.25) is 9.78 Å². The van der Waals surface area contributed by atoms with Crippen LogP contribution in [0, 0.1) is 13.8 Å². The fourth-order valence-corrected chi connectivity index (χ4v) is 1.55.